The molecule has 2 aromatic heterocycles. The van der Waals surface area contributed by atoms with Crippen molar-refractivity contribution in [3.05, 3.63) is 100 Å². The highest BCUT2D eigenvalue weighted by molar-refractivity contribution is 6.31. The number of anilines is 1. The second-order valence-electron chi connectivity index (χ2n) is 7.15. The van der Waals surface area contributed by atoms with Crippen LogP contribution in [0, 0.1) is 13.8 Å². The summed E-state index contributed by atoms with van der Waals surface area (Å²) < 4.78 is 3.66. The molecule has 0 bridgehead atoms. The largest absolute Gasteiger partial charge is 0.322 e. The quantitative estimate of drug-likeness (QED) is 0.492. The van der Waals surface area contributed by atoms with Crippen LogP contribution in [0.5, 0.6) is 0 Å². The molecular weight excluding hydrogens is 398 g/mol. The van der Waals surface area contributed by atoms with E-state index in [1.54, 1.807) is 6.20 Å². The maximum atomic E-state index is 13.0. The van der Waals surface area contributed by atoms with Gasteiger partial charge in [-0.05, 0) is 49.2 Å². The molecule has 30 heavy (non-hydrogen) atoms. The fourth-order valence-corrected chi connectivity index (χ4v) is 3.69. The number of amides is 1. The molecule has 0 atom stereocenters. The maximum absolute atomic E-state index is 13.0. The van der Waals surface area contributed by atoms with Crippen molar-refractivity contribution < 1.29 is 4.79 Å². The van der Waals surface area contributed by atoms with Crippen LogP contribution < -0.4 is 5.32 Å². The third kappa shape index (κ3) is 4.28. The minimum Gasteiger partial charge on any atom is -0.322 e. The average molecular weight is 420 g/mol. The number of aromatic nitrogens is 4. The number of hydrogen-bond donors (Lipinski definition) is 1. The zero-order valence-electron chi connectivity index (χ0n) is 16.8. The molecule has 152 valence electrons. The Labute approximate surface area is 180 Å². The van der Waals surface area contributed by atoms with Crippen molar-refractivity contribution in [1.29, 1.82) is 0 Å². The van der Waals surface area contributed by atoms with Gasteiger partial charge in [0.2, 0.25) is 0 Å². The minimum atomic E-state index is -0.174. The van der Waals surface area contributed by atoms with Gasteiger partial charge in [0.25, 0.3) is 5.91 Å². The lowest BCUT2D eigenvalue weighted by Crippen LogP contribution is -2.14. The molecule has 0 aliphatic rings. The maximum Gasteiger partial charge on any atom is 0.259 e. The van der Waals surface area contributed by atoms with Gasteiger partial charge in [0.05, 0.1) is 24.3 Å². The van der Waals surface area contributed by atoms with E-state index in [1.165, 1.54) is 0 Å². The van der Waals surface area contributed by atoms with Crippen LogP contribution in [0.4, 0.5) is 5.69 Å². The van der Waals surface area contributed by atoms with E-state index < -0.39 is 0 Å². The van der Waals surface area contributed by atoms with Gasteiger partial charge in [0.15, 0.2) is 0 Å². The summed E-state index contributed by atoms with van der Waals surface area (Å²) in [6.45, 7) is 4.91. The van der Waals surface area contributed by atoms with Crippen LogP contribution in [0.3, 0.4) is 0 Å². The van der Waals surface area contributed by atoms with Crippen molar-refractivity contribution in [2.75, 3.05) is 5.32 Å². The van der Waals surface area contributed by atoms with E-state index in [-0.39, 0.29) is 5.91 Å². The van der Waals surface area contributed by atoms with E-state index in [2.05, 4.69) is 15.5 Å². The van der Waals surface area contributed by atoms with Gasteiger partial charge in [-0.1, -0.05) is 41.9 Å². The van der Waals surface area contributed by atoms with Crippen LogP contribution in [0.2, 0.25) is 5.02 Å². The van der Waals surface area contributed by atoms with Crippen molar-refractivity contribution in [2.45, 2.75) is 26.9 Å². The number of benzene rings is 2. The van der Waals surface area contributed by atoms with E-state index >= 15 is 0 Å². The molecule has 1 amide bonds. The van der Waals surface area contributed by atoms with Crippen molar-refractivity contribution in [3.8, 4) is 0 Å². The third-order valence-electron chi connectivity index (χ3n) is 4.98. The first-order valence-corrected chi connectivity index (χ1v) is 10.0. The number of hydrogen-bond acceptors (Lipinski definition) is 3. The van der Waals surface area contributed by atoms with Gasteiger partial charge in [-0.25, -0.2) is 0 Å². The van der Waals surface area contributed by atoms with E-state index in [0.717, 1.165) is 22.5 Å². The number of nitrogens with one attached hydrogen (secondary N) is 1. The molecule has 0 unspecified atom stereocenters. The normalized spacial score (nSPS) is 10.9. The summed E-state index contributed by atoms with van der Waals surface area (Å²) in [6.07, 6.45) is 3.66. The molecule has 0 radical (unpaired) electrons. The highest BCUT2D eigenvalue weighted by Gasteiger charge is 2.19. The van der Waals surface area contributed by atoms with Crippen LogP contribution in [-0.2, 0) is 13.1 Å². The lowest BCUT2D eigenvalue weighted by atomic mass is 10.1. The molecule has 0 aliphatic carbocycles. The van der Waals surface area contributed by atoms with E-state index in [0.29, 0.717) is 29.4 Å². The molecule has 0 aliphatic heterocycles. The number of carbonyl (C=O) groups is 1. The Hall–Kier alpha value is -3.38. The number of carbonyl (C=O) groups excluding carboxylic acids is 1. The van der Waals surface area contributed by atoms with Crippen molar-refractivity contribution in [1.82, 2.24) is 19.6 Å². The van der Waals surface area contributed by atoms with Crippen LogP contribution in [-0.4, -0.2) is 25.5 Å². The smallest absolute Gasteiger partial charge is 0.259 e. The first-order chi connectivity index (χ1) is 14.5. The lowest BCUT2D eigenvalue weighted by Gasteiger charge is -2.09. The number of rotatable bonds is 6. The molecule has 0 saturated heterocycles. The van der Waals surface area contributed by atoms with Gasteiger partial charge < -0.3 is 5.32 Å². The molecule has 1 N–H and O–H groups in total. The van der Waals surface area contributed by atoms with Crippen LogP contribution in [0.15, 0.2) is 67.0 Å². The topological polar surface area (TPSA) is 64.7 Å². The molecule has 0 spiro atoms. The summed E-state index contributed by atoms with van der Waals surface area (Å²) in [5.74, 6) is -0.174. The molecule has 4 rings (SSSR count). The zero-order valence-corrected chi connectivity index (χ0v) is 17.6. The summed E-state index contributed by atoms with van der Waals surface area (Å²) in [4.78, 5) is 13.0. The van der Waals surface area contributed by atoms with Crippen LogP contribution >= 0.6 is 11.6 Å². The van der Waals surface area contributed by atoms with Gasteiger partial charge in [0, 0.05) is 28.8 Å². The first kappa shape index (κ1) is 19.9. The highest BCUT2D eigenvalue weighted by atomic mass is 35.5. The van der Waals surface area contributed by atoms with E-state index in [4.69, 9.17) is 11.6 Å². The Balaban J connectivity index is 1.53. The summed E-state index contributed by atoms with van der Waals surface area (Å²) in [5.41, 5.74) is 4.83. The summed E-state index contributed by atoms with van der Waals surface area (Å²) in [7, 11) is 0. The fourth-order valence-electron chi connectivity index (χ4n) is 3.49. The van der Waals surface area contributed by atoms with Crippen LogP contribution in [0.25, 0.3) is 0 Å². The number of aryl methyl sites for hydroxylation is 1. The van der Waals surface area contributed by atoms with Crippen molar-refractivity contribution in [2.24, 2.45) is 0 Å². The third-order valence-corrected chi connectivity index (χ3v) is 5.34. The molecule has 0 saturated carbocycles. The Morgan fingerprint density at radius 1 is 1.07 bits per heavy atom. The first-order valence-electron chi connectivity index (χ1n) is 9.66. The van der Waals surface area contributed by atoms with Crippen molar-refractivity contribution in [3.63, 3.8) is 0 Å². The molecule has 7 heteroatoms. The van der Waals surface area contributed by atoms with Gasteiger partial charge in [-0.2, -0.15) is 10.2 Å². The van der Waals surface area contributed by atoms with E-state index in [9.17, 15) is 4.79 Å². The number of halogens is 1. The van der Waals surface area contributed by atoms with Crippen molar-refractivity contribution >= 4 is 23.2 Å². The predicted octanol–water partition coefficient (Wildman–Crippen LogP) is 4.70. The molecule has 4 aromatic rings. The molecule has 6 nitrogen and oxygen atoms in total. The Kier molecular flexibility index (Phi) is 5.68. The van der Waals surface area contributed by atoms with Crippen LogP contribution in [0.1, 0.15) is 32.9 Å². The van der Waals surface area contributed by atoms with E-state index in [1.807, 2.05) is 84.0 Å². The molecule has 2 aromatic carbocycles. The zero-order chi connectivity index (χ0) is 21.1. The Morgan fingerprint density at radius 3 is 2.67 bits per heavy atom. The Morgan fingerprint density at radius 2 is 1.90 bits per heavy atom. The fraction of sp³-hybridized carbons (Fsp3) is 0.174. The summed E-state index contributed by atoms with van der Waals surface area (Å²) >= 11 is 6.28. The average Bonchev–Trinajstić information content (AvgIpc) is 3.31. The highest BCUT2D eigenvalue weighted by Crippen LogP contribution is 2.21. The van der Waals surface area contributed by atoms with Gasteiger partial charge in [-0.3, -0.25) is 14.2 Å². The summed E-state index contributed by atoms with van der Waals surface area (Å²) in [6, 6.07) is 17.3. The SMILES string of the molecule is Cc1nn(Cc2ccccc2Cl)c(C)c1C(=O)Nc1cccc(Cn2cccn2)c1. The lowest BCUT2D eigenvalue weighted by molar-refractivity contribution is 0.102. The van der Waals surface area contributed by atoms with Gasteiger partial charge >= 0.3 is 0 Å². The molecular formula is C23H22ClN5O. The second-order valence-corrected chi connectivity index (χ2v) is 7.56. The Bertz CT molecular complexity index is 1180. The standard InChI is InChI=1S/C23H22ClN5O/c1-16-22(17(2)29(27-16)15-19-8-3-4-10-21(19)24)23(30)26-20-9-5-7-18(13-20)14-28-12-6-11-25-28/h3-13H,14-15H2,1-2H3,(H,26,30). The monoisotopic (exact) mass is 419 g/mol. The minimum absolute atomic E-state index is 0.174. The predicted molar refractivity (Wildman–Crippen MR) is 118 cm³/mol. The number of nitrogens with zero attached hydrogens (tertiary/aromatic N) is 4. The van der Waals surface area contributed by atoms with Gasteiger partial charge in [0.1, 0.15) is 0 Å². The second kappa shape index (κ2) is 8.55. The summed E-state index contributed by atoms with van der Waals surface area (Å²) in [5, 5.41) is 12.5. The molecule has 2 heterocycles. The van der Waals surface area contributed by atoms with Gasteiger partial charge in [-0.15, -0.1) is 0 Å². The molecule has 0 fully saturated rings.